The number of rotatable bonds is 7. The van der Waals surface area contributed by atoms with Gasteiger partial charge in [-0.2, -0.15) is 5.10 Å². The Morgan fingerprint density at radius 1 is 0.974 bits per heavy atom. The van der Waals surface area contributed by atoms with Gasteiger partial charge in [-0.25, -0.2) is 9.37 Å². The standard InChI is InChI=1S/C30H27FN6O2/c31-23-5-4-6-25(15-23)39-28-10-8-24(18-33-28)34-30(38)29-26-14-21(7-9-27(26)35-36-29)22-13-20(16-32-17-22)19-37-11-2-1-3-12-37/h4-10,13-18H,1-3,11-12,19H2,(H,34,38)(H,35,36). The van der Waals surface area contributed by atoms with E-state index in [1.54, 1.807) is 24.3 Å². The molecule has 0 atom stereocenters. The first kappa shape index (κ1) is 24.7. The van der Waals surface area contributed by atoms with E-state index >= 15 is 0 Å². The molecule has 1 aliphatic heterocycles. The number of amides is 1. The molecule has 6 rings (SSSR count). The highest BCUT2D eigenvalue weighted by atomic mass is 19.1. The second-order valence-electron chi connectivity index (χ2n) is 9.65. The summed E-state index contributed by atoms with van der Waals surface area (Å²) in [5.41, 5.74) is 4.66. The Kier molecular flexibility index (Phi) is 6.97. The minimum atomic E-state index is -0.396. The Morgan fingerprint density at radius 3 is 2.69 bits per heavy atom. The molecule has 39 heavy (non-hydrogen) atoms. The first-order valence-electron chi connectivity index (χ1n) is 13.0. The number of aromatic nitrogens is 4. The lowest BCUT2D eigenvalue weighted by Gasteiger charge is -2.26. The summed E-state index contributed by atoms with van der Waals surface area (Å²) in [4.78, 5) is 24.3. The van der Waals surface area contributed by atoms with Gasteiger partial charge in [-0.3, -0.25) is 19.8 Å². The number of pyridine rings is 2. The normalized spacial score (nSPS) is 13.9. The van der Waals surface area contributed by atoms with E-state index in [2.05, 4.69) is 36.4 Å². The summed E-state index contributed by atoms with van der Waals surface area (Å²) in [5.74, 6) is -0.141. The van der Waals surface area contributed by atoms with Crippen LogP contribution in [0.5, 0.6) is 11.6 Å². The number of aromatic amines is 1. The van der Waals surface area contributed by atoms with Gasteiger partial charge in [-0.15, -0.1) is 0 Å². The molecule has 2 N–H and O–H groups in total. The quantitative estimate of drug-likeness (QED) is 0.265. The molecule has 4 heterocycles. The third-order valence-corrected chi connectivity index (χ3v) is 6.77. The number of ether oxygens (including phenoxy) is 1. The van der Waals surface area contributed by atoms with E-state index < -0.39 is 5.82 Å². The van der Waals surface area contributed by atoms with Crippen molar-refractivity contribution >= 4 is 22.5 Å². The predicted molar refractivity (Wildman–Crippen MR) is 147 cm³/mol. The van der Waals surface area contributed by atoms with Crippen molar-refractivity contribution in [2.24, 2.45) is 0 Å². The highest BCUT2D eigenvalue weighted by Crippen LogP contribution is 2.27. The number of piperidine rings is 1. The van der Waals surface area contributed by atoms with Crippen LogP contribution in [-0.4, -0.2) is 44.1 Å². The number of fused-ring (bicyclic) bond motifs is 1. The average molecular weight is 523 g/mol. The van der Waals surface area contributed by atoms with Crippen LogP contribution in [0.15, 0.2) is 79.3 Å². The van der Waals surface area contributed by atoms with Crippen LogP contribution in [0.25, 0.3) is 22.0 Å². The molecule has 1 fully saturated rings. The smallest absolute Gasteiger partial charge is 0.276 e. The zero-order valence-corrected chi connectivity index (χ0v) is 21.2. The number of anilines is 1. The average Bonchev–Trinajstić information content (AvgIpc) is 3.38. The predicted octanol–water partition coefficient (Wildman–Crippen LogP) is 6.19. The van der Waals surface area contributed by atoms with Gasteiger partial charge in [0, 0.05) is 42.0 Å². The van der Waals surface area contributed by atoms with Crippen molar-refractivity contribution in [2.75, 3.05) is 18.4 Å². The van der Waals surface area contributed by atoms with Gasteiger partial charge in [-0.05, 0) is 73.5 Å². The molecule has 5 aromatic rings. The lowest BCUT2D eigenvalue weighted by molar-refractivity contribution is 0.102. The van der Waals surface area contributed by atoms with Crippen molar-refractivity contribution in [1.29, 1.82) is 0 Å². The molecule has 2 aromatic carbocycles. The van der Waals surface area contributed by atoms with Crippen LogP contribution >= 0.6 is 0 Å². The maximum atomic E-state index is 13.4. The summed E-state index contributed by atoms with van der Waals surface area (Å²) in [6, 6.07) is 17.1. The van der Waals surface area contributed by atoms with Gasteiger partial charge in [-0.1, -0.05) is 18.6 Å². The van der Waals surface area contributed by atoms with E-state index in [0.717, 1.165) is 36.3 Å². The molecule has 0 radical (unpaired) electrons. The van der Waals surface area contributed by atoms with Crippen molar-refractivity contribution in [2.45, 2.75) is 25.8 Å². The minimum Gasteiger partial charge on any atom is -0.439 e. The lowest BCUT2D eigenvalue weighted by atomic mass is 10.0. The first-order valence-corrected chi connectivity index (χ1v) is 13.0. The Labute approximate surface area is 224 Å². The van der Waals surface area contributed by atoms with Gasteiger partial charge in [0.2, 0.25) is 5.88 Å². The molecule has 0 saturated carbocycles. The number of carbonyl (C=O) groups is 1. The molecular formula is C30H27FN6O2. The number of nitrogens with one attached hydrogen (secondary N) is 2. The summed E-state index contributed by atoms with van der Waals surface area (Å²) in [6.45, 7) is 3.15. The van der Waals surface area contributed by atoms with E-state index in [-0.39, 0.29) is 17.5 Å². The van der Waals surface area contributed by atoms with Crippen LogP contribution in [-0.2, 0) is 6.54 Å². The Morgan fingerprint density at radius 2 is 1.87 bits per heavy atom. The molecule has 196 valence electrons. The van der Waals surface area contributed by atoms with Crippen LogP contribution in [0.1, 0.15) is 35.3 Å². The van der Waals surface area contributed by atoms with Crippen LogP contribution < -0.4 is 10.1 Å². The molecule has 0 aliphatic carbocycles. The number of hydrogen-bond acceptors (Lipinski definition) is 6. The van der Waals surface area contributed by atoms with Crippen LogP contribution in [0.2, 0.25) is 0 Å². The van der Waals surface area contributed by atoms with Crippen LogP contribution in [0, 0.1) is 5.82 Å². The zero-order chi connectivity index (χ0) is 26.6. The van der Waals surface area contributed by atoms with Crippen molar-refractivity contribution < 1.29 is 13.9 Å². The number of carbonyl (C=O) groups excluding carboxylic acids is 1. The molecule has 0 spiro atoms. The Hall–Kier alpha value is -4.63. The SMILES string of the molecule is O=C(Nc1ccc(Oc2cccc(F)c2)nc1)c1n[nH]c2ccc(-c3cncc(CN4CCCCC4)c3)cc12. The van der Waals surface area contributed by atoms with Gasteiger partial charge < -0.3 is 10.1 Å². The fourth-order valence-corrected chi connectivity index (χ4v) is 4.83. The maximum Gasteiger partial charge on any atom is 0.276 e. The number of nitrogens with zero attached hydrogens (tertiary/aromatic N) is 4. The Bertz CT molecular complexity index is 1610. The number of hydrogen-bond donors (Lipinski definition) is 2. The second-order valence-corrected chi connectivity index (χ2v) is 9.65. The van der Waals surface area contributed by atoms with Crippen molar-refractivity contribution in [1.82, 2.24) is 25.1 Å². The molecule has 0 unspecified atom stereocenters. The fourth-order valence-electron chi connectivity index (χ4n) is 4.83. The molecule has 1 amide bonds. The topological polar surface area (TPSA) is 96.0 Å². The molecular weight excluding hydrogens is 495 g/mol. The number of likely N-dealkylation sites (tertiary alicyclic amines) is 1. The van der Waals surface area contributed by atoms with E-state index in [0.29, 0.717) is 16.8 Å². The first-order chi connectivity index (χ1) is 19.1. The fraction of sp³-hybridized carbons (Fsp3) is 0.200. The van der Waals surface area contributed by atoms with E-state index in [1.807, 2.05) is 30.6 Å². The van der Waals surface area contributed by atoms with Gasteiger partial charge in [0.05, 0.1) is 17.4 Å². The van der Waals surface area contributed by atoms with E-state index in [9.17, 15) is 9.18 Å². The van der Waals surface area contributed by atoms with Crippen LogP contribution in [0.4, 0.5) is 10.1 Å². The third-order valence-electron chi connectivity index (χ3n) is 6.77. The zero-order valence-electron chi connectivity index (χ0n) is 21.2. The summed E-state index contributed by atoms with van der Waals surface area (Å²) >= 11 is 0. The maximum absolute atomic E-state index is 13.4. The van der Waals surface area contributed by atoms with Gasteiger partial charge in [0.15, 0.2) is 5.69 Å². The van der Waals surface area contributed by atoms with Gasteiger partial charge in [0.25, 0.3) is 5.91 Å². The number of halogens is 1. The number of benzene rings is 2. The number of H-pyrrole nitrogens is 1. The summed E-state index contributed by atoms with van der Waals surface area (Å²) in [6.07, 6.45) is 9.06. The minimum absolute atomic E-state index is 0.282. The molecule has 8 nitrogen and oxygen atoms in total. The van der Waals surface area contributed by atoms with Crippen molar-refractivity contribution in [3.63, 3.8) is 0 Å². The van der Waals surface area contributed by atoms with Crippen LogP contribution in [0.3, 0.4) is 0 Å². The molecule has 3 aromatic heterocycles. The van der Waals surface area contributed by atoms with Gasteiger partial charge >= 0.3 is 0 Å². The highest BCUT2D eigenvalue weighted by molar-refractivity contribution is 6.11. The largest absolute Gasteiger partial charge is 0.439 e. The lowest BCUT2D eigenvalue weighted by Crippen LogP contribution is -2.29. The summed E-state index contributed by atoms with van der Waals surface area (Å²) in [7, 11) is 0. The Balaban J connectivity index is 1.17. The van der Waals surface area contributed by atoms with E-state index in [4.69, 9.17) is 4.74 Å². The van der Waals surface area contributed by atoms with E-state index in [1.165, 1.54) is 43.2 Å². The highest BCUT2D eigenvalue weighted by Gasteiger charge is 2.16. The summed E-state index contributed by atoms with van der Waals surface area (Å²) in [5, 5.41) is 10.7. The second kappa shape index (κ2) is 11.0. The van der Waals surface area contributed by atoms with Crippen molar-refractivity contribution in [3.05, 3.63) is 96.3 Å². The molecule has 1 saturated heterocycles. The third kappa shape index (κ3) is 5.78. The summed E-state index contributed by atoms with van der Waals surface area (Å²) < 4.78 is 19.0. The molecule has 1 aliphatic rings. The van der Waals surface area contributed by atoms with Gasteiger partial charge in [0.1, 0.15) is 11.6 Å². The molecule has 9 heteroatoms. The van der Waals surface area contributed by atoms with Crippen molar-refractivity contribution in [3.8, 4) is 22.8 Å². The monoisotopic (exact) mass is 522 g/mol. The molecule has 0 bridgehead atoms.